The number of nitrogens with one attached hydrogen (secondary N) is 2. The lowest BCUT2D eigenvalue weighted by atomic mass is 10.1. The fourth-order valence-electron chi connectivity index (χ4n) is 4.02. The van der Waals surface area contributed by atoms with Crippen LogP contribution in [0.5, 0.6) is 0 Å². The van der Waals surface area contributed by atoms with E-state index in [1.54, 1.807) is 6.26 Å². The smallest absolute Gasteiger partial charge is 0.191 e. The Labute approximate surface area is 185 Å². The molecule has 3 unspecified atom stereocenters. The maximum Gasteiger partial charge on any atom is 0.191 e. The van der Waals surface area contributed by atoms with E-state index in [9.17, 15) is 0 Å². The Bertz CT molecular complexity index is 728. The number of furan rings is 1. The molecular formula is C22H31IN4O. The SMILES string of the molecule is CCNC(=NCC(c1ccco1)N1CCCC1)NC1CC1c1ccccc1.I. The summed E-state index contributed by atoms with van der Waals surface area (Å²) >= 11 is 0. The van der Waals surface area contributed by atoms with Crippen molar-refractivity contribution in [2.45, 2.75) is 44.2 Å². The van der Waals surface area contributed by atoms with Gasteiger partial charge in [-0.25, -0.2) is 0 Å². The Hall–Kier alpha value is -1.54. The van der Waals surface area contributed by atoms with Crippen LogP contribution in [0.15, 0.2) is 58.1 Å². The van der Waals surface area contributed by atoms with Crippen molar-refractivity contribution in [3.63, 3.8) is 0 Å². The summed E-state index contributed by atoms with van der Waals surface area (Å²) in [6, 6.07) is 15.5. The molecule has 0 spiro atoms. The maximum absolute atomic E-state index is 5.72. The summed E-state index contributed by atoms with van der Waals surface area (Å²) in [5.74, 6) is 2.52. The van der Waals surface area contributed by atoms with Gasteiger partial charge in [0.2, 0.25) is 0 Å². The van der Waals surface area contributed by atoms with E-state index in [0.717, 1.165) is 31.4 Å². The van der Waals surface area contributed by atoms with Crippen molar-refractivity contribution in [1.29, 1.82) is 0 Å². The predicted octanol–water partition coefficient (Wildman–Crippen LogP) is 4.15. The van der Waals surface area contributed by atoms with Gasteiger partial charge in [0.15, 0.2) is 5.96 Å². The molecule has 2 aromatic rings. The fraction of sp³-hybridized carbons (Fsp3) is 0.500. The zero-order valence-corrected chi connectivity index (χ0v) is 18.8. The Kier molecular flexibility index (Phi) is 7.79. The highest BCUT2D eigenvalue weighted by Gasteiger charge is 2.39. The second-order valence-corrected chi connectivity index (χ2v) is 7.50. The van der Waals surface area contributed by atoms with Crippen molar-refractivity contribution in [3.8, 4) is 0 Å². The largest absolute Gasteiger partial charge is 0.468 e. The molecular weight excluding hydrogens is 463 g/mol. The van der Waals surface area contributed by atoms with Crippen molar-refractivity contribution >= 4 is 29.9 Å². The highest BCUT2D eigenvalue weighted by molar-refractivity contribution is 14.0. The molecule has 4 rings (SSSR count). The number of rotatable bonds is 7. The molecule has 2 heterocycles. The van der Waals surface area contributed by atoms with Gasteiger partial charge in [-0.3, -0.25) is 9.89 Å². The Morgan fingerprint density at radius 3 is 2.64 bits per heavy atom. The van der Waals surface area contributed by atoms with Gasteiger partial charge in [0, 0.05) is 18.5 Å². The zero-order valence-electron chi connectivity index (χ0n) is 16.5. The molecule has 1 saturated heterocycles. The van der Waals surface area contributed by atoms with E-state index in [-0.39, 0.29) is 30.0 Å². The van der Waals surface area contributed by atoms with Gasteiger partial charge in [-0.1, -0.05) is 30.3 Å². The minimum atomic E-state index is 0. The molecule has 0 radical (unpaired) electrons. The molecule has 5 nitrogen and oxygen atoms in total. The van der Waals surface area contributed by atoms with Crippen LogP contribution >= 0.6 is 24.0 Å². The lowest BCUT2D eigenvalue weighted by Crippen LogP contribution is -2.40. The van der Waals surface area contributed by atoms with E-state index < -0.39 is 0 Å². The van der Waals surface area contributed by atoms with Crippen LogP contribution in [0.1, 0.15) is 49.5 Å². The number of likely N-dealkylation sites (tertiary alicyclic amines) is 1. The number of benzene rings is 1. The molecule has 1 aliphatic carbocycles. The lowest BCUT2D eigenvalue weighted by molar-refractivity contribution is 0.221. The van der Waals surface area contributed by atoms with Gasteiger partial charge in [-0.2, -0.15) is 0 Å². The molecule has 2 fully saturated rings. The summed E-state index contributed by atoms with van der Waals surface area (Å²) in [7, 11) is 0. The van der Waals surface area contributed by atoms with Crippen LogP contribution in [0.4, 0.5) is 0 Å². The summed E-state index contributed by atoms with van der Waals surface area (Å²) in [6.45, 7) is 5.95. The number of hydrogen-bond acceptors (Lipinski definition) is 3. The number of guanidine groups is 1. The zero-order chi connectivity index (χ0) is 18.5. The molecule has 152 valence electrons. The van der Waals surface area contributed by atoms with Crippen molar-refractivity contribution in [1.82, 2.24) is 15.5 Å². The summed E-state index contributed by atoms with van der Waals surface area (Å²) in [5, 5.41) is 7.03. The molecule has 28 heavy (non-hydrogen) atoms. The molecule has 1 aromatic heterocycles. The van der Waals surface area contributed by atoms with Gasteiger partial charge in [-0.05, 0) is 57.0 Å². The summed E-state index contributed by atoms with van der Waals surface area (Å²) < 4.78 is 5.72. The molecule has 2 aliphatic rings. The first-order chi connectivity index (χ1) is 13.3. The molecule has 0 bridgehead atoms. The first-order valence-corrected chi connectivity index (χ1v) is 10.2. The van der Waals surface area contributed by atoms with Crippen LogP contribution in [-0.2, 0) is 0 Å². The van der Waals surface area contributed by atoms with Crippen LogP contribution in [0.3, 0.4) is 0 Å². The summed E-state index contributed by atoms with van der Waals surface area (Å²) in [6.07, 6.45) is 5.46. The highest BCUT2D eigenvalue weighted by Crippen LogP contribution is 2.40. The van der Waals surface area contributed by atoms with E-state index in [0.29, 0.717) is 18.5 Å². The van der Waals surface area contributed by atoms with Crippen molar-refractivity contribution in [2.75, 3.05) is 26.2 Å². The van der Waals surface area contributed by atoms with E-state index in [1.165, 1.54) is 24.8 Å². The quantitative estimate of drug-likeness (QED) is 0.345. The van der Waals surface area contributed by atoms with Gasteiger partial charge < -0.3 is 15.1 Å². The van der Waals surface area contributed by atoms with E-state index in [4.69, 9.17) is 9.41 Å². The normalized spacial score (nSPS) is 23.1. The topological polar surface area (TPSA) is 52.8 Å². The molecule has 1 aromatic carbocycles. The van der Waals surface area contributed by atoms with Gasteiger partial charge in [0.25, 0.3) is 0 Å². The number of hydrogen-bond donors (Lipinski definition) is 2. The first-order valence-electron chi connectivity index (χ1n) is 10.2. The van der Waals surface area contributed by atoms with E-state index in [2.05, 4.69) is 58.9 Å². The van der Waals surface area contributed by atoms with Crippen molar-refractivity contribution in [2.24, 2.45) is 4.99 Å². The third-order valence-corrected chi connectivity index (χ3v) is 5.56. The molecule has 6 heteroatoms. The Morgan fingerprint density at radius 1 is 1.18 bits per heavy atom. The molecule has 3 atom stereocenters. The minimum Gasteiger partial charge on any atom is -0.468 e. The lowest BCUT2D eigenvalue weighted by Gasteiger charge is -2.24. The van der Waals surface area contributed by atoms with E-state index >= 15 is 0 Å². The summed E-state index contributed by atoms with van der Waals surface area (Å²) in [4.78, 5) is 7.41. The van der Waals surface area contributed by atoms with Crippen LogP contribution in [0, 0.1) is 0 Å². The Balaban J connectivity index is 0.00000225. The number of nitrogens with zero attached hydrogens (tertiary/aromatic N) is 2. The van der Waals surface area contributed by atoms with Gasteiger partial charge in [0.05, 0.1) is 18.8 Å². The second-order valence-electron chi connectivity index (χ2n) is 7.50. The minimum absolute atomic E-state index is 0. The van der Waals surface area contributed by atoms with Gasteiger partial charge >= 0.3 is 0 Å². The maximum atomic E-state index is 5.72. The van der Waals surface area contributed by atoms with Gasteiger partial charge in [-0.15, -0.1) is 24.0 Å². The van der Waals surface area contributed by atoms with E-state index in [1.807, 2.05) is 6.07 Å². The predicted molar refractivity (Wildman–Crippen MR) is 124 cm³/mol. The standard InChI is InChI=1S/C22H30N4O.HI/c1-2-23-22(25-19-15-18(19)17-9-4-3-5-10-17)24-16-20(21-11-8-14-27-21)26-12-6-7-13-26;/h3-5,8-11,14,18-20H,2,6-7,12-13,15-16H2,1H3,(H2,23,24,25);1H. The number of aliphatic imine (C=N–C) groups is 1. The monoisotopic (exact) mass is 494 g/mol. The van der Waals surface area contributed by atoms with Gasteiger partial charge in [0.1, 0.15) is 5.76 Å². The fourth-order valence-corrected chi connectivity index (χ4v) is 4.02. The second kappa shape index (κ2) is 10.3. The highest BCUT2D eigenvalue weighted by atomic mass is 127. The third kappa shape index (κ3) is 5.29. The van der Waals surface area contributed by atoms with Crippen molar-refractivity contribution < 1.29 is 4.42 Å². The van der Waals surface area contributed by atoms with Crippen molar-refractivity contribution in [3.05, 3.63) is 60.1 Å². The Morgan fingerprint density at radius 2 is 1.96 bits per heavy atom. The summed E-state index contributed by atoms with van der Waals surface area (Å²) in [5.41, 5.74) is 1.41. The average Bonchev–Trinajstić information content (AvgIpc) is 3.09. The molecule has 0 amide bonds. The first kappa shape index (κ1) is 21.2. The number of halogens is 1. The van der Waals surface area contributed by atoms with Crippen LogP contribution in [-0.4, -0.2) is 43.1 Å². The van der Waals surface area contributed by atoms with Crippen LogP contribution in [0.25, 0.3) is 0 Å². The average molecular weight is 494 g/mol. The molecule has 1 aliphatic heterocycles. The molecule has 2 N–H and O–H groups in total. The molecule has 1 saturated carbocycles. The third-order valence-electron chi connectivity index (χ3n) is 5.56. The van der Waals surface area contributed by atoms with Crippen LogP contribution < -0.4 is 10.6 Å². The van der Waals surface area contributed by atoms with Crippen LogP contribution in [0.2, 0.25) is 0 Å².